The summed E-state index contributed by atoms with van der Waals surface area (Å²) < 4.78 is 48.9. The molecular formula is C10H12BrF2O3P. The highest BCUT2D eigenvalue weighted by Gasteiger charge is 2.33. The Morgan fingerprint density at radius 3 is 2.18 bits per heavy atom. The number of hydrogen-bond donors (Lipinski definition) is 0. The Bertz CT molecular complexity index is 420. The zero-order chi connectivity index (χ0) is 13.1. The first-order chi connectivity index (χ1) is 7.94. The maximum absolute atomic E-state index is 13.7. The van der Waals surface area contributed by atoms with E-state index >= 15 is 0 Å². The summed E-state index contributed by atoms with van der Waals surface area (Å²) in [5.74, 6) is -1.72. The Balaban J connectivity index is 3.33. The minimum Gasteiger partial charge on any atom is -0.305 e. The first-order valence-electron chi connectivity index (χ1n) is 4.98. The summed E-state index contributed by atoms with van der Waals surface area (Å²) in [6, 6.07) is 1.66. The van der Waals surface area contributed by atoms with Gasteiger partial charge in [0, 0.05) is 10.5 Å². The molecule has 3 nitrogen and oxygen atoms in total. The summed E-state index contributed by atoms with van der Waals surface area (Å²) in [5, 5.41) is -0.275. The van der Waals surface area contributed by atoms with Crippen LogP contribution in [0.4, 0.5) is 8.78 Å². The quantitative estimate of drug-likeness (QED) is 0.774. The number of hydrogen-bond acceptors (Lipinski definition) is 3. The highest BCUT2D eigenvalue weighted by atomic mass is 79.9. The summed E-state index contributed by atoms with van der Waals surface area (Å²) in [4.78, 5) is 0. The van der Waals surface area contributed by atoms with Crippen molar-refractivity contribution in [1.82, 2.24) is 0 Å². The minimum absolute atomic E-state index is 0.0280. The van der Waals surface area contributed by atoms with Crippen LogP contribution in [-0.2, 0) is 13.6 Å². The van der Waals surface area contributed by atoms with Gasteiger partial charge >= 0.3 is 7.60 Å². The first-order valence-corrected chi connectivity index (χ1v) is 7.32. The molecule has 0 spiro atoms. The summed E-state index contributed by atoms with van der Waals surface area (Å²) in [7, 11) is -3.76. The zero-order valence-electron chi connectivity index (χ0n) is 9.37. The van der Waals surface area contributed by atoms with Gasteiger partial charge in [0.25, 0.3) is 0 Å². The first kappa shape index (κ1) is 14.8. The SMILES string of the molecule is CCOP(=O)(OCC)c1c(F)cc(F)cc1Br. The minimum atomic E-state index is -3.76. The van der Waals surface area contributed by atoms with E-state index in [2.05, 4.69) is 15.9 Å². The molecule has 1 rings (SSSR count). The summed E-state index contributed by atoms with van der Waals surface area (Å²) >= 11 is 2.96. The number of rotatable bonds is 5. The molecule has 0 aliphatic heterocycles. The van der Waals surface area contributed by atoms with Gasteiger partial charge in [-0.2, -0.15) is 0 Å². The monoisotopic (exact) mass is 328 g/mol. The fourth-order valence-corrected chi connectivity index (χ4v) is 4.03. The molecule has 0 atom stereocenters. The van der Waals surface area contributed by atoms with E-state index in [4.69, 9.17) is 9.05 Å². The lowest BCUT2D eigenvalue weighted by Gasteiger charge is -2.18. The second-order valence-corrected chi connectivity index (χ2v) is 5.86. The van der Waals surface area contributed by atoms with Gasteiger partial charge in [-0.25, -0.2) is 8.78 Å². The van der Waals surface area contributed by atoms with E-state index < -0.39 is 19.2 Å². The molecule has 0 amide bonds. The van der Waals surface area contributed by atoms with Crippen molar-refractivity contribution in [3.8, 4) is 0 Å². The summed E-state index contributed by atoms with van der Waals surface area (Å²) in [5.41, 5.74) is 0. The molecule has 0 aliphatic rings. The van der Waals surface area contributed by atoms with E-state index in [1.165, 1.54) is 0 Å². The van der Waals surface area contributed by atoms with Crippen LogP contribution >= 0.6 is 23.5 Å². The van der Waals surface area contributed by atoms with Crippen molar-refractivity contribution in [2.24, 2.45) is 0 Å². The van der Waals surface area contributed by atoms with Crippen molar-refractivity contribution in [2.75, 3.05) is 13.2 Å². The van der Waals surface area contributed by atoms with Crippen molar-refractivity contribution in [3.63, 3.8) is 0 Å². The summed E-state index contributed by atoms with van der Waals surface area (Å²) in [6.07, 6.45) is 0. The molecule has 1 aromatic rings. The van der Waals surface area contributed by atoms with E-state index in [1.54, 1.807) is 13.8 Å². The molecule has 1 aromatic carbocycles. The predicted octanol–water partition coefficient (Wildman–Crippen LogP) is 3.62. The highest BCUT2D eigenvalue weighted by molar-refractivity contribution is 9.10. The lowest BCUT2D eigenvalue weighted by atomic mass is 10.3. The Morgan fingerprint density at radius 1 is 1.24 bits per heavy atom. The molecule has 0 radical (unpaired) electrons. The van der Waals surface area contributed by atoms with E-state index in [9.17, 15) is 13.3 Å². The van der Waals surface area contributed by atoms with Crippen LogP contribution in [0.5, 0.6) is 0 Å². The molecule has 0 saturated carbocycles. The molecule has 0 N–H and O–H groups in total. The average Bonchev–Trinajstić information content (AvgIpc) is 2.15. The van der Waals surface area contributed by atoms with Gasteiger partial charge in [-0.1, -0.05) is 0 Å². The molecule has 17 heavy (non-hydrogen) atoms. The topological polar surface area (TPSA) is 35.5 Å². The molecule has 7 heteroatoms. The Morgan fingerprint density at radius 2 is 1.76 bits per heavy atom. The van der Waals surface area contributed by atoms with Gasteiger partial charge < -0.3 is 9.05 Å². The largest absolute Gasteiger partial charge is 0.365 e. The predicted molar refractivity (Wildman–Crippen MR) is 64.6 cm³/mol. The zero-order valence-corrected chi connectivity index (χ0v) is 11.9. The Hall–Kier alpha value is -0.290. The molecule has 0 unspecified atom stereocenters. The normalized spacial score (nSPS) is 11.8. The van der Waals surface area contributed by atoms with Crippen molar-refractivity contribution >= 4 is 28.8 Å². The standard InChI is InChI=1S/C10H12BrF2O3P/c1-3-15-17(14,16-4-2)10-8(11)5-7(12)6-9(10)13/h5-6H,3-4H2,1-2H3. The molecule has 0 heterocycles. The van der Waals surface area contributed by atoms with Gasteiger partial charge in [-0.15, -0.1) is 0 Å². The van der Waals surface area contributed by atoms with Crippen molar-refractivity contribution in [1.29, 1.82) is 0 Å². The highest BCUT2D eigenvalue weighted by Crippen LogP contribution is 2.49. The van der Waals surface area contributed by atoms with Gasteiger partial charge in [0.1, 0.15) is 16.9 Å². The molecule has 0 saturated heterocycles. The second-order valence-electron chi connectivity index (χ2n) is 3.05. The molecule has 0 aliphatic carbocycles. The van der Waals surface area contributed by atoms with Crippen LogP contribution in [0.1, 0.15) is 13.8 Å². The Kier molecular flexibility index (Phi) is 5.25. The maximum Gasteiger partial charge on any atom is 0.365 e. The van der Waals surface area contributed by atoms with Crippen LogP contribution in [0.15, 0.2) is 16.6 Å². The van der Waals surface area contributed by atoms with Gasteiger partial charge in [0.15, 0.2) is 0 Å². The van der Waals surface area contributed by atoms with E-state index in [1.807, 2.05) is 0 Å². The van der Waals surface area contributed by atoms with Crippen LogP contribution in [0.3, 0.4) is 0 Å². The van der Waals surface area contributed by atoms with Gasteiger partial charge in [-0.3, -0.25) is 4.57 Å². The average molecular weight is 329 g/mol. The molecule has 0 bridgehead atoms. The van der Waals surface area contributed by atoms with E-state index in [-0.39, 0.29) is 23.0 Å². The number of benzene rings is 1. The molecule has 0 aromatic heterocycles. The van der Waals surface area contributed by atoms with E-state index in [0.717, 1.165) is 6.07 Å². The van der Waals surface area contributed by atoms with Crippen molar-refractivity contribution in [3.05, 3.63) is 28.2 Å². The van der Waals surface area contributed by atoms with Crippen molar-refractivity contribution in [2.45, 2.75) is 13.8 Å². The van der Waals surface area contributed by atoms with E-state index in [0.29, 0.717) is 6.07 Å². The third-order valence-corrected chi connectivity index (χ3v) is 4.98. The van der Waals surface area contributed by atoms with Gasteiger partial charge in [-0.05, 0) is 35.8 Å². The van der Waals surface area contributed by atoms with Crippen LogP contribution in [0.2, 0.25) is 0 Å². The van der Waals surface area contributed by atoms with Crippen LogP contribution in [0, 0.1) is 11.6 Å². The lowest BCUT2D eigenvalue weighted by Crippen LogP contribution is -2.16. The van der Waals surface area contributed by atoms with Gasteiger partial charge in [0.2, 0.25) is 0 Å². The third-order valence-electron chi connectivity index (χ3n) is 1.85. The molecule has 96 valence electrons. The van der Waals surface area contributed by atoms with Crippen LogP contribution in [0.25, 0.3) is 0 Å². The third kappa shape index (κ3) is 3.35. The summed E-state index contributed by atoms with van der Waals surface area (Å²) in [6.45, 7) is 3.42. The van der Waals surface area contributed by atoms with Gasteiger partial charge in [0.05, 0.1) is 13.2 Å². The Labute approximate surface area is 107 Å². The fourth-order valence-electron chi connectivity index (χ4n) is 1.30. The number of halogens is 3. The molecular weight excluding hydrogens is 317 g/mol. The van der Waals surface area contributed by atoms with Crippen LogP contribution in [-0.4, -0.2) is 13.2 Å². The lowest BCUT2D eigenvalue weighted by molar-refractivity contribution is 0.229. The second kappa shape index (κ2) is 6.05. The molecule has 0 fully saturated rings. The fraction of sp³-hybridized carbons (Fsp3) is 0.400. The maximum atomic E-state index is 13.7. The van der Waals surface area contributed by atoms with Crippen molar-refractivity contribution < 1.29 is 22.4 Å². The van der Waals surface area contributed by atoms with Crippen LogP contribution < -0.4 is 5.30 Å². The smallest absolute Gasteiger partial charge is 0.305 e.